The van der Waals surface area contributed by atoms with E-state index >= 15 is 0 Å². The van der Waals surface area contributed by atoms with Crippen molar-refractivity contribution in [3.8, 4) is 11.5 Å². The van der Waals surface area contributed by atoms with Crippen LogP contribution in [0.25, 0.3) is 0 Å². The summed E-state index contributed by atoms with van der Waals surface area (Å²) in [7, 11) is 0. The lowest BCUT2D eigenvalue weighted by Gasteiger charge is -2.33. The standard InChI is InChI=1S/C18H26N2O3/c21-18(12-19-7-2-1-3-8-19)6-9-20(13-18)11-15-4-5-16-17(10-15)23-14-22-16/h4-5,10,21H,1-3,6-9,11-14H2. The number of ether oxygens (including phenoxy) is 2. The minimum absolute atomic E-state index is 0.318. The first-order chi connectivity index (χ1) is 11.2. The largest absolute Gasteiger partial charge is 0.454 e. The molecule has 0 spiro atoms. The number of piperidine rings is 1. The second-order valence-electron chi connectivity index (χ2n) is 7.21. The van der Waals surface area contributed by atoms with Crippen LogP contribution >= 0.6 is 0 Å². The van der Waals surface area contributed by atoms with E-state index in [1.807, 2.05) is 6.07 Å². The molecule has 1 aromatic rings. The van der Waals surface area contributed by atoms with Gasteiger partial charge < -0.3 is 19.5 Å². The van der Waals surface area contributed by atoms with Crippen molar-refractivity contribution in [2.24, 2.45) is 0 Å². The van der Waals surface area contributed by atoms with Gasteiger partial charge >= 0.3 is 0 Å². The van der Waals surface area contributed by atoms with Crippen LogP contribution in [0, 0.1) is 0 Å². The Bertz CT molecular complexity index is 559. The van der Waals surface area contributed by atoms with Crippen LogP contribution in [-0.2, 0) is 6.54 Å². The number of hydrogen-bond acceptors (Lipinski definition) is 5. The van der Waals surface area contributed by atoms with Gasteiger partial charge in [0.2, 0.25) is 6.79 Å². The summed E-state index contributed by atoms with van der Waals surface area (Å²) >= 11 is 0. The zero-order valence-corrected chi connectivity index (χ0v) is 13.7. The molecule has 1 N–H and O–H groups in total. The predicted octanol–water partition coefficient (Wildman–Crippen LogP) is 1.84. The maximum atomic E-state index is 10.9. The van der Waals surface area contributed by atoms with Gasteiger partial charge in [0, 0.05) is 26.2 Å². The maximum Gasteiger partial charge on any atom is 0.231 e. The summed E-state index contributed by atoms with van der Waals surface area (Å²) in [4.78, 5) is 4.79. The highest BCUT2D eigenvalue weighted by Gasteiger charge is 2.37. The molecule has 2 saturated heterocycles. The summed E-state index contributed by atoms with van der Waals surface area (Å²) < 4.78 is 10.8. The number of benzene rings is 1. The predicted molar refractivity (Wildman–Crippen MR) is 87.7 cm³/mol. The molecule has 5 nitrogen and oxygen atoms in total. The number of β-amino-alcohol motifs (C(OH)–C–C–N with tert-alkyl or cyclic N) is 1. The van der Waals surface area contributed by atoms with E-state index in [-0.39, 0.29) is 0 Å². The van der Waals surface area contributed by atoms with Crippen molar-refractivity contribution in [1.82, 2.24) is 9.80 Å². The number of likely N-dealkylation sites (tertiary alicyclic amines) is 2. The van der Waals surface area contributed by atoms with Crippen molar-refractivity contribution in [2.75, 3.05) is 39.5 Å². The summed E-state index contributed by atoms with van der Waals surface area (Å²) in [5.41, 5.74) is 0.671. The van der Waals surface area contributed by atoms with Crippen LogP contribution in [-0.4, -0.2) is 60.0 Å². The molecule has 3 aliphatic heterocycles. The van der Waals surface area contributed by atoms with Crippen LogP contribution < -0.4 is 9.47 Å². The molecular weight excluding hydrogens is 292 g/mol. The Kier molecular flexibility index (Phi) is 4.18. The topological polar surface area (TPSA) is 45.2 Å². The minimum atomic E-state index is -0.548. The van der Waals surface area contributed by atoms with Gasteiger partial charge in [0.25, 0.3) is 0 Å². The van der Waals surface area contributed by atoms with Gasteiger partial charge in [-0.15, -0.1) is 0 Å². The Morgan fingerprint density at radius 2 is 1.83 bits per heavy atom. The van der Waals surface area contributed by atoms with E-state index in [2.05, 4.69) is 21.9 Å². The molecule has 0 bridgehead atoms. The number of rotatable bonds is 4. The first-order valence-electron chi connectivity index (χ1n) is 8.76. The van der Waals surface area contributed by atoms with Crippen LogP contribution in [0.3, 0.4) is 0 Å². The zero-order valence-electron chi connectivity index (χ0n) is 13.7. The first kappa shape index (κ1) is 15.2. The third kappa shape index (κ3) is 3.47. The summed E-state index contributed by atoms with van der Waals surface area (Å²) in [6.07, 6.45) is 4.76. The molecule has 3 heterocycles. The highest BCUT2D eigenvalue weighted by atomic mass is 16.7. The van der Waals surface area contributed by atoms with E-state index in [4.69, 9.17) is 9.47 Å². The fourth-order valence-electron chi connectivity index (χ4n) is 4.04. The second kappa shape index (κ2) is 6.30. The Morgan fingerprint density at radius 3 is 2.70 bits per heavy atom. The Morgan fingerprint density at radius 1 is 1.00 bits per heavy atom. The van der Waals surface area contributed by atoms with Crippen molar-refractivity contribution in [1.29, 1.82) is 0 Å². The molecular formula is C18H26N2O3. The van der Waals surface area contributed by atoms with Crippen LogP contribution in [0.4, 0.5) is 0 Å². The molecule has 1 aromatic carbocycles. The Hall–Kier alpha value is -1.30. The monoisotopic (exact) mass is 318 g/mol. The van der Waals surface area contributed by atoms with Gasteiger partial charge in [-0.25, -0.2) is 0 Å². The molecule has 0 radical (unpaired) electrons. The van der Waals surface area contributed by atoms with Crippen LogP contribution in [0.15, 0.2) is 18.2 Å². The molecule has 126 valence electrons. The van der Waals surface area contributed by atoms with E-state index in [0.29, 0.717) is 6.79 Å². The molecule has 1 atom stereocenters. The van der Waals surface area contributed by atoms with Crippen molar-refractivity contribution in [3.63, 3.8) is 0 Å². The summed E-state index contributed by atoms with van der Waals surface area (Å²) in [5, 5.41) is 10.9. The normalized spacial score (nSPS) is 28.4. The fourth-order valence-corrected chi connectivity index (χ4v) is 4.04. The van der Waals surface area contributed by atoms with Gasteiger partial charge in [0.05, 0.1) is 5.60 Å². The van der Waals surface area contributed by atoms with E-state index in [0.717, 1.165) is 57.2 Å². The summed E-state index contributed by atoms with van der Waals surface area (Å²) in [6, 6.07) is 6.13. The molecule has 23 heavy (non-hydrogen) atoms. The van der Waals surface area contributed by atoms with Crippen LogP contribution in [0.1, 0.15) is 31.2 Å². The van der Waals surface area contributed by atoms with Crippen molar-refractivity contribution in [2.45, 2.75) is 37.8 Å². The molecule has 5 heteroatoms. The maximum absolute atomic E-state index is 10.9. The lowest BCUT2D eigenvalue weighted by atomic mass is 10.0. The third-order valence-electron chi connectivity index (χ3n) is 5.22. The van der Waals surface area contributed by atoms with E-state index < -0.39 is 5.60 Å². The van der Waals surface area contributed by atoms with E-state index in [1.165, 1.54) is 24.8 Å². The third-order valence-corrected chi connectivity index (χ3v) is 5.22. The minimum Gasteiger partial charge on any atom is -0.454 e. The summed E-state index contributed by atoms with van der Waals surface area (Å²) in [6.45, 7) is 6.01. The SMILES string of the molecule is OC1(CN2CCCCC2)CCN(Cc2ccc3c(c2)OCO3)C1. The number of fused-ring (bicyclic) bond motifs is 1. The first-order valence-corrected chi connectivity index (χ1v) is 8.76. The smallest absolute Gasteiger partial charge is 0.231 e. The molecule has 4 rings (SSSR count). The number of hydrogen-bond donors (Lipinski definition) is 1. The van der Waals surface area contributed by atoms with Gasteiger partial charge in [-0.2, -0.15) is 0 Å². The molecule has 1 unspecified atom stereocenters. The molecule has 0 amide bonds. The fraction of sp³-hybridized carbons (Fsp3) is 0.667. The van der Waals surface area contributed by atoms with Crippen LogP contribution in [0.5, 0.6) is 11.5 Å². The molecule has 0 saturated carbocycles. The second-order valence-corrected chi connectivity index (χ2v) is 7.21. The highest BCUT2D eigenvalue weighted by Crippen LogP contribution is 2.33. The van der Waals surface area contributed by atoms with Gasteiger partial charge in [0.1, 0.15) is 0 Å². The van der Waals surface area contributed by atoms with Gasteiger partial charge in [-0.05, 0) is 50.0 Å². The van der Waals surface area contributed by atoms with Gasteiger partial charge in [-0.3, -0.25) is 4.90 Å². The summed E-state index contributed by atoms with van der Waals surface area (Å²) in [5.74, 6) is 1.67. The molecule has 3 aliphatic rings. The molecule has 0 aromatic heterocycles. The Balaban J connectivity index is 1.34. The molecule has 2 fully saturated rings. The van der Waals surface area contributed by atoms with E-state index in [1.54, 1.807) is 0 Å². The van der Waals surface area contributed by atoms with Gasteiger partial charge in [-0.1, -0.05) is 12.5 Å². The Labute approximate surface area is 137 Å². The average molecular weight is 318 g/mol. The van der Waals surface area contributed by atoms with Crippen LogP contribution in [0.2, 0.25) is 0 Å². The van der Waals surface area contributed by atoms with Crippen molar-refractivity contribution < 1.29 is 14.6 Å². The zero-order chi connectivity index (χ0) is 15.7. The molecule has 0 aliphatic carbocycles. The lowest BCUT2D eigenvalue weighted by Crippen LogP contribution is -2.46. The highest BCUT2D eigenvalue weighted by molar-refractivity contribution is 5.44. The van der Waals surface area contributed by atoms with E-state index in [9.17, 15) is 5.11 Å². The van der Waals surface area contributed by atoms with Crippen molar-refractivity contribution in [3.05, 3.63) is 23.8 Å². The van der Waals surface area contributed by atoms with Gasteiger partial charge in [0.15, 0.2) is 11.5 Å². The number of aliphatic hydroxyl groups is 1. The van der Waals surface area contributed by atoms with Crippen molar-refractivity contribution >= 4 is 0 Å². The lowest BCUT2D eigenvalue weighted by molar-refractivity contribution is 0.00635. The number of nitrogens with zero attached hydrogens (tertiary/aromatic N) is 2. The quantitative estimate of drug-likeness (QED) is 0.918. The average Bonchev–Trinajstić information content (AvgIpc) is 3.15.